The van der Waals surface area contributed by atoms with Crippen molar-refractivity contribution in [2.24, 2.45) is 0 Å². The lowest BCUT2D eigenvalue weighted by molar-refractivity contribution is 0.586. The van der Waals surface area contributed by atoms with Gasteiger partial charge in [0.15, 0.2) is 0 Å². The van der Waals surface area contributed by atoms with Gasteiger partial charge in [-0.05, 0) is 54.5 Å². The number of thiophene rings is 1. The molecule has 0 aromatic carbocycles. The van der Waals surface area contributed by atoms with Crippen molar-refractivity contribution < 1.29 is 0 Å². The first-order chi connectivity index (χ1) is 8.60. The summed E-state index contributed by atoms with van der Waals surface area (Å²) in [6, 6.07) is 4.57. The first-order valence-electron chi connectivity index (χ1n) is 5.81. The van der Waals surface area contributed by atoms with Gasteiger partial charge in [-0.25, -0.2) is 0 Å². The van der Waals surface area contributed by atoms with Crippen LogP contribution in [-0.4, -0.2) is 17.2 Å². The van der Waals surface area contributed by atoms with E-state index < -0.39 is 0 Å². The van der Waals surface area contributed by atoms with Gasteiger partial charge in [-0.2, -0.15) is 10.2 Å². The Bertz CT molecular complexity index is 539. The summed E-state index contributed by atoms with van der Waals surface area (Å²) in [4.78, 5) is 1.36. The zero-order chi connectivity index (χ0) is 13.1. The molecule has 2 aromatic heterocycles. The third-order valence-electron chi connectivity index (χ3n) is 2.89. The van der Waals surface area contributed by atoms with E-state index in [-0.39, 0.29) is 6.04 Å². The molecule has 1 atom stereocenters. The Kier molecular flexibility index (Phi) is 4.48. The van der Waals surface area contributed by atoms with Crippen LogP contribution in [0.25, 0.3) is 0 Å². The van der Waals surface area contributed by atoms with Gasteiger partial charge >= 0.3 is 0 Å². The summed E-state index contributed by atoms with van der Waals surface area (Å²) in [6.07, 6.45) is 0.971. The number of aryl methyl sites for hydroxylation is 2. The molecule has 0 spiro atoms. The molecule has 2 rings (SSSR count). The Morgan fingerprint density at radius 3 is 2.72 bits per heavy atom. The maximum atomic E-state index is 4.20. The molecule has 5 heteroatoms. The molecule has 0 aliphatic rings. The van der Waals surface area contributed by atoms with Gasteiger partial charge in [-0.1, -0.05) is 0 Å². The first kappa shape index (κ1) is 13.6. The monoisotopic (exact) mass is 325 g/mol. The van der Waals surface area contributed by atoms with E-state index in [9.17, 15) is 0 Å². The SMILES string of the molecule is CNC(Cc1cc(Br)cs1)c1cc(C)nnc1C. The summed E-state index contributed by atoms with van der Waals surface area (Å²) < 4.78 is 1.15. The van der Waals surface area contributed by atoms with Crippen LogP contribution < -0.4 is 5.32 Å². The molecule has 1 unspecified atom stereocenters. The molecule has 2 aromatic rings. The fourth-order valence-corrected chi connectivity index (χ4v) is 3.45. The van der Waals surface area contributed by atoms with E-state index in [2.05, 4.69) is 49.0 Å². The van der Waals surface area contributed by atoms with Crippen molar-refractivity contribution in [2.45, 2.75) is 26.3 Å². The van der Waals surface area contributed by atoms with E-state index >= 15 is 0 Å². The zero-order valence-corrected chi connectivity index (χ0v) is 13.1. The largest absolute Gasteiger partial charge is 0.313 e. The third kappa shape index (κ3) is 3.16. The van der Waals surface area contributed by atoms with Crippen LogP contribution in [0, 0.1) is 13.8 Å². The highest BCUT2D eigenvalue weighted by Crippen LogP contribution is 2.26. The van der Waals surface area contributed by atoms with Crippen molar-refractivity contribution in [3.63, 3.8) is 0 Å². The minimum absolute atomic E-state index is 0.282. The van der Waals surface area contributed by atoms with Gasteiger partial charge in [-0.3, -0.25) is 0 Å². The smallest absolute Gasteiger partial charge is 0.0648 e. The molecular formula is C13H16BrN3S. The maximum absolute atomic E-state index is 4.20. The predicted octanol–water partition coefficient (Wildman–Crippen LogP) is 3.42. The van der Waals surface area contributed by atoms with E-state index in [1.807, 2.05) is 20.9 Å². The lowest BCUT2D eigenvalue weighted by atomic mass is 10.0. The Hall–Kier alpha value is -0.780. The van der Waals surface area contributed by atoms with Gasteiger partial charge in [0.05, 0.1) is 11.4 Å². The van der Waals surface area contributed by atoms with Crippen LogP contribution >= 0.6 is 27.3 Å². The Balaban J connectivity index is 2.25. The highest BCUT2D eigenvalue weighted by Gasteiger charge is 2.15. The molecule has 0 aliphatic carbocycles. The molecule has 0 aliphatic heterocycles. The van der Waals surface area contributed by atoms with Crippen molar-refractivity contribution in [3.8, 4) is 0 Å². The average molecular weight is 326 g/mol. The average Bonchev–Trinajstić information content (AvgIpc) is 2.75. The quantitative estimate of drug-likeness (QED) is 0.935. The van der Waals surface area contributed by atoms with Crippen molar-refractivity contribution in [1.29, 1.82) is 0 Å². The molecule has 0 saturated heterocycles. The lowest BCUT2D eigenvalue weighted by Gasteiger charge is -2.17. The molecular weight excluding hydrogens is 310 g/mol. The van der Waals surface area contributed by atoms with E-state index in [1.165, 1.54) is 10.4 Å². The van der Waals surface area contributed by atoms with Crippen molar-refractivity contribution in [2.75, 3.05) is 7.05 Å². The van der Waals surface area contributed by atoms with Gasteiger partial charge in [0.2, 0.25) is 0 Å². The van der Waals surface area contributed by atoms with Gasteiger partial charge in [-0.15, -0.1) is 11.3 Å². The number of aromatic nitrogens is 2. The van der Waals surface area contributed by atoms with E-state index in [1.54, 1.807) is 11.3 Å². The molecule has 0 radical (unpaired) electrons. The number of halogens is 1. The van der Waals surface area contributed by atoms with Crippen molar-refractivity contribution in [1.82, 2.24) is 15.5 Å². The number of hydrogen-bond acceptors (Lipinski definition) is 4. The topological polar surface area (TPSA) is 37.8 Å². The Morgan fingerprint density at radius 1 is 1.33 bits per heavy atom. The van der Waals surface area contributed by atoms with Gasteiger partial charge in [0.25, 0.3) is 0 Å². The second-order valence-electron chi connectivity index (χ2n) is 4.30. The molecule has 0 amide bonds. The van der Waals surface area contributed by atoms with Crippen LogP contribution in [0.15, 0.2) is 22.0 Å². The minimum atomic E-state index is 0.282. The zero-order valence-electron chi connectivity index (χ0n) is 10.7. The van der Waals surface area contributed by atoms with Crippen LogP contribution in [0.2, 0.25) is 0 Å². The van der Waals surface area contributed by atoms with Crippen LogP contribution in [0.3, 0.4) is 0 Å². The first-order valence-corrected chi connectivity index (χ1v) is 7.48. The minimum Gasteiger partial charge on any atom is -0.313 e. The molecule has 3 nitrogen and oxygen atoms in total. The number of nitrogens with one attached hydrogen (secondary N) is 1. The molecule has 2 heterocycles. The lowest BCUT2D eigenvalue weighted by Crippen LogP contribution is -2.20. The van der Waals surface area contributed by atoms with Crippen molar-refractivity contribution in [3.05, 3.63) is 43.8 Å². The molecule has 18 heavy (non-hydrogen) atoms. The molecule has 0 fully saturated rings. The summed E-state index contributed by atoms with van der Waals surface area (Å²) in [6.45, 7) is 3.99. The van der Waals surface area contributed by atoms with Gasteiger partial charge < -0.3 is 5.32 Å². The second kappa shape index (κ2) is 5.91. The second-order valence-corrected chi connectivity index (χ2v) is 6.21. The van der Waals surface area contributed by atoms with E-state index in [0.717, 1.165) is 22.3 Å². The molecule has 1 N–H and O–H groups in total. The van der Waals surface area contributed by atoms with Gasteiger partial charge in [0, 0.05) is 27.2 Å². The van der Waals surface area contributed by atoms with Crippen LogP contribution in [-0.2, 0) is 6.42 Å². The standard InChI is InChI=1S/C13H16BrN3S/c1-8-4-12(9(2)17-16-8)13(15-3)6-11-5-10(14)7-18-11/h4-5,7,13,15H,6H2,1-3H3. The number of likely N-dealkylation sites (N-methyl/N-ethyl adjacent to an activating group) is 1. The number of nitrogens with zero attached hydrogens (tertiary/aromatic N) is 2. The van der Waals surface area contributed by atoms with Crippen LogP contribution in [0.1, 0.15) is 27.9 Å². The maximum Gasteiger partial charge on any atom is 0.0648 e. The molecule has 0 bridgehead atoms. The Labute approximate surface area is 120 Å². The van der Waals surface area contributed by atoms with Gasteiger partial charge in [0.1, 0.15) is 0 Å². The fraction of sp³-hybridized carbons (Fsp3) is 0.385. The summed E-state index contributed by atoms with van der Waals surface area (Å²) >= 11 is 5.27. The summed E-state index contributed by atoms with van der Waals surface area (Å²) in [7, 11) is 1.99. The van der Waals surface area contributed by atoms with Crippen LogP contribution in [0.5, 0.6) is 0 Å². The number of hydrogen-bond donors (Lipinski definition) is 1. The molecule has 96 valence electrons. The predicted molar refractivity (Wildman–Crippen MR) is 79.0 cm³/mol. The van der Waals surface area contributed by atoms with E-state index in [4.69, 9.17) is 0 Å². The molecule has 0 saturated carbocycles. The summed E-state index contributed by atoms with van der Waals surface area (Å²) in [5, 5.41) is 13.8. The summed E-state index contributed by atoms with van der Waals surface area (Å²) in [5.41, 5.74) is 3.19. The van der Waals surface area contributed by atoms with Crippen molar-refractivity contribution >= 4 is 27.3 Å². The summed E-state index contributed by atoms with van der Waals surface area (Å²) in [5.74, 6) is 0. The highest BCUT2D eigenvalue weighted by molar-refractivity contribution is 9.10. The van der Waals surface area contributed by atoms with E-state index in [0.29, 0.717) is 0 Å². The third-order valence-corrected chi connectivity index (χ3v) is 4.61. The highest BCUT2D eigenvalue weighted by atomic mass is 79.9. The Morgan fingerprint density at radius 2 is 2.11 bits per heavy atom. The van der Waals surface area contributed by atoms with Crippen LogP contribution in [0.4, 0.5) is 0 Å². The normalized spacial score (nSPS) is 12.7. The number of rotatable bonds is 4. The fourth-order valence-electron chi connectivity index (χ4n) is 1.95.